The lowest BCUT2D eigenvalue weighted by molar-refractivity contribution is 0.423. The standard InChI is InChI=1S/C9H20N2O2S/c1-10-6-9-14(12,13)11-7-4-2-3-5-8-11/h10H,2-9H2,1H3. The van der Waals surface area contributed by atoms with Gasteiger partial charge in [-0.2, -0.15) is 0 Å². The van der Waals surface area contributed by atoms with Gasteiger partial charge in [0.25, 0.3) is 0 Å². The monoisotopic (exact) mass is 220 g/mol. The molecule has 1 N–H and O–H groups in total. The first kappa shape index (κ1) is 11.9. The minimum atomic E-state index is -3.00. The molecule has 0 aromatic carbocycles. The highest BCUT2D eigenvalue weighted by atomic mass is 32.2. The van der Waals surface area contributed by atoms with Crippen molar-refractivity contribution < 1.29 is 8.42 Å². The molecule has 1 aliphatic heterocycles. The van der Waals surface area contributed by atoms with E-state index in [9.17, 15) is 8.42 Å². The van der Waals surface area contributed by atoms with Crippen molar-refractivity contribution in [2.75, 3.05) is 32.4 Å². The zero-order chi connectivity index (χ0) is 10.4. The third kappa shape index (κ3) is 3.55. The van der Waals surface area contributed by atoms with Crippen molar-refractivity contribution >= 4 is 10.0 Å². The van der Waals surface area contributed by atoms with Crippen LogP contribution in [0.5, 0.6) is 0 Å². The maximum atomic E-state index is 11.8. The van der Waals surface area contributed by atoms with Crippen molar-refractivity contribution in [3.8, 4) is 0 Å². The van der Waals surface area contributed by atoms with E-state index in [0.29, 0.717) is 19.6 Å². The largest absolute Gasteiger partial charge is 0.319 e. The van der Waals surface area contributed by atoms with Gasteiger partial charge < -0.3 is 5.32 Å². The molecule has 0 aliphatic carbocycles. The van der Waals surface area contributed by atoms with E-state index >= 15 is 0 Å². The lowest BCUT2D eigenvalue weighted by Gasteiger charge is -2.19. The van der Waals surface area contributed by atoms with Crippen molar-refractivity contribution in [1.29, 1.82) is 0 Å². The summed E-state index contributed by atoms with van der Waals surface area (Å²) in [6, 6.07) is 0. The fraction of sp³-hybridized carbons (Fsp3) is 1.00. The quantitative estimate of drug-likeness (QED) is 0.746. The molecule has 1 saturated heterocycles. The van der Waals surface area contributed by atoms with Crippen LogP contribution < -0.4 is 5.32 Å². The second kappa shape index (κ2) is 5.68. The van der Waals surface area contributed by atoms with E-state index < -0.39 is 10.0 Å². The molecule has 0 aromatic rings. The molecule has 1 rings (SSSR count). The maximum absolute atomic E-state index is 11.8. The van der Waals surface area contributed by atoms with Gasteiger partial charge in [0.15, 0.2) is 0 Å². The Morgan fingerprint density at radius 2 is 1.71 bits per heavy atom. The number of hydrogen-bond acceptors (Lipinski definition) is 3. The van der Waals surface area contributed by atoms with Crippen LogP contribution in [0.25, 0.3) is 0 Å². The first-order valence-corrected chi connectivity index (χ1v) is 6.90. The van der Waals surface area contributed by atoms with Crippen molar-refractivity contribution in [2.45, 2.75) is 25.7 Å². The van der Waals surface area contributed by atoms with Crippen LogP contribution in [0.3, 0.4) is 0 Å². The van der Waals surface area contributed by atoms with Crippen LogP contribution in [-0.2, 0) is 10.0 Å². The predicted octanol–water partition coefficient (Wildman–Crippen LogP) is 0.412. The average molecular weight is 220 g/mol. The Morgan fingerprint density at radius 3 is 2.21 bits per heavy atom. The van der Waals surface area contributed by atoms with Crippen LogP contribution in [-0.4, -0.2) is 45.2 Å². The van der Waals surface area contributed by atoms with Crippen LogP contribution >= 0.6 is 0 Å². The normalized spacial score (nSPS) is 20.6. The third-order valence-electron chi connectivity index (χ3n) is 2.57. The Balaban J connectivity index is 2.51. The molecule has 4 nitrogen and oxygen atoms in total. The first-order chi connectivity index (χ1) is 6.67. The van der Waals surface area contributed by atoms with Gasteiger partial charge in [0.05, 0.1) is 5.75 Å². The fourth-order valence-corrected chi connectivity index (χ4v) is 3.21. The molecule has 0 aromatic heterocycles. The second-order valence-electron chi connectivity index (χ2n) is 3.73. The van der Waals surface area contributed by atoms with Crippen LogP contribution in [0, 0.1) is 0 Å². The summed E-state index contributed by atoms with van der Waals surface area (Å²) in [5.41, 5.74) is 0. The molecule has 14 heavy (non-hydrogen) atoms. The molecular formula is C9H20N2O2S. The van der Waals surface area contributed by atoms with Gasteiger partial charge in [0, 0.05) is 19.6 Å². The molecule has 84 valence electrons. The summed E-state index contributed by atoms with van der Waals surface area (Å²) in [5, 5.41) is 2.87. The molecule has 0 bridgehead atoms. The number of hydrogen-bond donors (Lipinski definition) is 1. The van der Waals surface area contributed by atoms with E-state index in [1.165, 1.54) is 0 Å². The van der Waals surface area contributed by atoms with Crippen LogP contribution in [0.4, 0.5) is 0 Å². The van der Waals surface area contributed by atoms with Gasteiger partial charge >= 0.3 is 0 Å². The van der Waals surface area contributed by atoms with Crippen LogP contribution in [0.1, 0.15) is 25.7 Å². The van der Waals surface area contributed by atoms with Crippen molar-refractivity contribution in [2.24, 2.45) is 0 Å². The molecule has 0 atom stereocenters. The second-order valence-corrected chi connectivity index (χ2v) is 5.82. The molecule has 1 heterocycles. The molecule has 0 radical (unpaired) electrons. The highest BCUT2D eigenvalue weighted by molar-refractivity contribution is 7.89. The Morgan fingerprint density at radius 1 is 1.14 bits per heavy atom. The van der Waals surface area contributed by atoms with E-state index in [1.807, 2.05) is 0 Å². The summed E-state index contributed by atoms with van der Waals surface area (Å²) in [4.78, 5) is 0. The zero-order valence-corrected chi connectivity index (χ0v) is 9.65. The summed E-state index contributed by atoms with van der Waals surface area (Å²) in [5.74, 6) is 0.226. The predicted molar refractivity (Wildman–Crippen MR) is 57.8 cm³/mol. The molecule has 0 saturated carbocycles. The SMILES string of the molecule is CNCCS(=O)(=O)N1CCCCCC1. The lowest BCUT2D eigenvalue weighted by atomic mass is 10.2. The van der Waals surface area contributed by atoms with E-state index in [0.717, 1.165) is 25.7 Å². The van der Waals surface area contributed by atoms with Crippen molar-refractivity contribution in [3.63, 3.8) is 0 Å². The van der Waals surface area contributed by atoms with Gasteiger partial charge in [0.2, 0.25) is 10.0 Å². The summed E-state index contributed by atoms with van der Waals surface area (Å²) in [6.07, 6.45) is 4.35. The van der Waals surface area contributed by atoms with E-state index in [2.05, 4.69) is 5.32 Å². The summed E-state index contributed by atoms with van der Waals surface area (Å²) >= 11 is 0. The smallest absolute Gasteiger partial charge is 0.215 e. The lowest BCUT2D eigenvalue weighted by Crippen LogP contribution is -2.36. The number of nitrogens with one attached hydrogen (secondary N) is 1. The van der Waals surface area contributed by atoms with Crippen LogP contribution in [0.15, 0.2) is 0 Å². The van der Waals surface area contributed by atoms with Gasteiger partial charge in [-0.15, -0.1) is 0 Å². The Bertz CT molecular complexity index is 244. The summed E-state index contributed by atoms with van der Waals surface area (Å²) in [6.45, 7) is 1.97. The third-order valence-corrected chi connectivity index (χ3v) is 4.44. The van der Waals surface area contributed by atoms with Gasteiger partial charge in [-0.05, 0) is 19.9 Å². The van der Waals surface area contributed by atoms with E-state index in [1.54, 1.807) is 11.4 Å². The Kier molecular flexibility index (Phi) is 4.84. The molecule has 1 fully saturated rings. The van der Waals surface area contributed by atoms with E-state index in [4.69, 9.17) is 0 Å². The first-order valence-electron chi connectivity index (χ1n) is 5.29. The maximum Gasteiger partial charge on any atom is 0.215 e. The zero-order valence-electron chi connectivity index (χ0n) is 8.83. The summed E-state index contributed by atoms with van der Waals surface area (Å²) in [7, 11) is -1.22. The van der Waals surface area contributed by atoms with Gasteiger partial charge in [-0.1, -0.05) is 12.8 Å². The molecule has 0 spiro atoms. The van der Waals surface area contributed by atoms with E-state index in [-0.39, 0.29) is 5.75 Å². The van der Waals surface area contributed by atoms with Gasteiger partial charge in [-0.3, -0.25) is 0 Å². The Labute approximate surface area is 86.7 Å². The molecular weight excluding hydrogens is 200 g/mol. The van der Waals surface area contributed by atoms with Crippen molar-refractivity contribution in [3.05, 3.63) is 0 Å². The summed E-state index contributed by atoms with van der Waals surface area (Å²) < 4.78 is 25.2. The molecule has 5 heteroatoms. The number of rotatable bonds is 4. The van der Waals surface area contributed by atoms with Crippen molar-refractivity contribution in [1.82, 2.24) is 9.62 Å². The van der Waals surface area contributed by atoms with Gasteiger partial charge in [0.1, 0.15) is 0 Å². The Hall–Kier alpha value is -0.130. The van der Waals surface area contributed by atoms with Crippen LogP contribution in [0.2, 0.25) is 0 Å². The minimum absolute atomic E-state index is 0.226. The molecule has 0 unspecified atom stereocenters. The highest BCUT2D eigenvalue weighted by Gasteiger charge is 2.21. The number of sulfonamides is 1. The van der Waals surface area contributed by atoms with Gasteiger partial charge in [-0.25, -0.2) is 12.7 Å². The highest BCUT2D eigenvalue weighted by Crippen LogP contribution is 2.13. The average Bonchev–Trinajstić information content (AvgIpc) is 2.43. The topological polar surface area (TPSA) is 49.4 Å². The fourth-order valence-electron chi connectivity index (χ4n) is 1.68. The molecule has 1 aliphatic rings. The molecule has 0 amide bonds. The number of nitrogens with zero attached hydrogens (tertiary/aromatic N) is 1. The minimum Gasteiger partial charge on any atom is -0.319 e.